The molecule has 2 heterocycles. The maximum atomic E-state index is 11.9. The lowest BCUT2D eigenvalue weighted by Crippen LogP contribution is -2.44. The molecule has 2 N–H and O–H groups in total. The van der Waals surface area contributed by atoms with Crippen molar-refractivity contribution in [2.24, 2.45) is 0 Å². The fraction of sp³-hybridized carbons (Fsp3) is 0.917. The molecular formula is C12H22N2O3. The number of carbonyl (C=O) groups is 1. The number of carbonyl (C=O) groups excluding carboxylic acids is 1. The largest absolute Gasteiger partial charge is 0.391 e. The van der Waals surface area contributed by atoms with Gasteiger partial charge in [-0.3, -0.25) is 4.79 Å². The highest BCUT2D eigenvalue weighted by atomic mass is 16.5. The molecule has 17 heavy (non-hydrogen) atoms. The number of hydrogen-bond donors (Lipinski definition) is 2. The molecule has 0 aromatic heterocycles. The van der Waals surface area contributed by atoms with Gasteiger partial charge >= 0.3 is 0 Å². The molecule has 0 aromatic carbocycles. The fourth-order valence-corrected chi connectivity index (χ4v) is 2.42. The van der Waals surface area contributed by atoms with E-state index in [-0.39, 0.29) is 24.7 Å². The van der Waals surface area contributed by atoms with Crippen LogP contribution in [0.1, 0.15) is 25.7 Å². The second-order valence-electron chi connectivity index (χ2n) is 4.90. The number of rotatable bonds is 3. The number of nitrogens with zero attached hydrogens (tertiary/aromatic N) is 1. The van der Waals surface area contributed by atoms with Crippen molar-refractivity contribution in [3.05, 3.63) is 0 Å². The van der Waals surface area contributed by atoms with Crippen molar-refractivity contribution in [1.82, 2.24) is 10.2 Å². The Morgan fingerprint density at radius 2 is 2.12 bits per heavy atom. The Bertz CT molecular complexity index is 254. The van der Waals surface area contributed by atoms with Crippen molar-refractivity contribution < 1.29 is 14.6 Å². The molecule has 98 valence electrons. The van der Waals surface area contributed by atoms with Crippen LogP contribution in [0.3, 0.4) is 0 Å². The Morgan fingerprint density at radius 3 is 2.82 bits per heavy atom. The molecule has 5 nitrogen and oxygen atoms in total. The van der Waals surface area contributed by atoms with Crippen LogP contribution in [0.5, 0.6) is 0 Å². The molecule has 0 saturated carbocycles. The van der Waals surface area contributed by atoms with Crippen LogP contribution >= 0.6 is 0 Å². The first-order valence-corrected chi connectivity index (χ1v) is 6.54. The number of aliphatic hydroxyl groups excluding tert-OH is 1. The number of β-amino-alcohol motifs (C(OH)–C–C–N with tert-alkyl or cyclic N) is 1. The SMILES string of the molecule is O=C(COC1CCNCC1)N1CCCC(O)C1. The standard InChI is InChI=1S/C12H22N2O3/c15-10-2-1-7-14(8-10)12(16)9-17-11-3-5-13-6-4-11/h10-11,13,15H,1-9H2. The molecule has 1 atom stereocenters. The van der Waals surface area contributed by atoms with E-state index in [1.165, 1.54) is 0 Å². The Hall–Kier alpha value is -0.650. The molecule has 2 aliphatic rings. The first kappa shape index (κ1) is 12.8. The number of ether oxygens (including phenoxy) is 1. The smallest absolute Gasteiger partial charge is 0.248 e. The molecule has 1 unspecified atom stereocenters. The lowest BCUT2D eigenvalue weighted by atomic mass is 10.1. The van der Waals surface area contributed by atoms with E-state index in [4.69, 9.17) is 4.74 Å². The summed E-state index contributed by atoms with van der Waals surface area (Å²) >= 11 is 0. The van der Waals surface area contributed by atoms with Crippen LogP contribution in [0, 0.1) is 0 Å². The minimum absolute atomic E-state index is 0.0160. The molecule has 2 rings (SSSR count). The van der Waals surface area contributed by atoms with Crippen LogP contribution < -0.4 is 5.32 Å². The number of hydrogen-bond acceptors (Lipinski definition) is 4. The van der Waals surface area contributed by atoms with Crippen LogP contribution in [0.4, 0.5) is 0 Å². The Balaban J connectivity index is 1.69. The summed E-state index contributed by atoms with van der Waals surface area (Å²) in [6, 6.07) is 0. The van der Waals surface area contributed by atoms with Gasteiger partial charge in [-0.2, -0.15) is 0 Å². The van der Waals surface area contributed by atoms with E-state index < -0.39 is 0 Å². The van der Waals surface area contributed by atoms with Gasteiger partial charge in [-0.15, -0.1) is 0 Å². The van der Waals surface area contributed by atoms with Crippen molar-refractivity contribution in [3.63, 3.8) is 0 Å². The average Bonchev–Trinajstić information content (AvgIpc) is 2.37. The zero-order chi connectivity index (χ0) is 12.1. The van der Waals surface area contributed by atoms with E-state index in [0.29, 0.717) is 6.54 Å². The van der Waals surface area contributed by atoms with Crippen molar-refractivity contribution in [3.8, 4) is 0 Å². The predicted octanol–water partition coefficient (Wildman–Crippen LogP) is -0.262. The van der Waals surface area contributed by atoms with Gasteiger partial charge in [0.2, 0.25) is 5.91 Å². The van der Waals surface area contributed by atoms with Gasteiger partial charge in [0.1, 0.15) is 6.61 Å². The van der Waals surface area contributed by atoms with Crippen molar-refractivity contribution in [2.75, 3.05) is 32.8 Å². The van der Waals surface area contributed by atoms with Gasteiger partial charge in [0.05, 0.1) is 12.2 Å². The molecule has 0 aliphatic carbocycles. The molecule has 2 fully saturated rings. The summed E-state index contributed by atoms with van der Waals surface area (Å²) in [4.78, 5) is 13.6. The second kappa shape index (κ2) is 6.33. The quantitative estimate of drug-likeness (QED) is 0.716. The summed E-state index contributed by atoms with van der Waals surface area (Å²) < 4.78 is 5.62. The van der Waals surface area contributed by atoms with E-state index in [1.54, 1.807) is 4.90 Å². The van der Waals surface area contributed by atoms with E-state index >= 15 is 0 Å². The zero-order valence-electron chi connectivity index (χ0n) is 10.2. The molecule has 0 aromatic rings. The summed E-state index contributed by atoms with van der Waals surface area (Å²) in [6.07, 6.45) is 3.52. The summed E-state index contributed by atoms with van der Waals surface area (Å²) in [5.41, 5.74) is 0. The van der Waals surface area contributed by atoms with Crippen LogP contribution in [0.25, 0.3) is 0 Å². The Kier molecular flexibility index (Phi) is 4.76. The van der Waals surface area contributed by atoms with Gasteiger partial charge in [0.15, 0.2) is 0 Å². The molecule has 0 radical (unpaired) electrons. The normalized spacial score (nSPS) is 27.1. The van der Waals surface area contributed by atoms with Crippen molar-refractivity contribution >= 4 is 5.91 Å². The third-order valence-electron chi connectivity index (χ3n) is 3.48. The topological polar surface area (TPSA) is 61.8 Å². The van der Waals surface area contributed by atoms with Gasteiger partial charge in [-0.05, 0) is 38.8 Å². The number of likely N-dealkylation sites (tertiary alicyclic amines) is 1. The Labute approximate surface area is 102 Å². The number of nitrogens with one attached hydrogen (secondary N) is 1. The van der Waals surface area contributed by atoms with E-state index in [2.05, 4.69) is 5.32 Å². The predicted molar refractivity (Wildman–Crippen MR) is 63.7 cm³/mol. The van der Waals surface area contributed by atoms with Crippen LogP contribution in [-0.4, -0.2) is 60.9 Å². The van der Waals surface area contributed by atoms with Crippen LogP contribution in [0.2, 0.25) is 0 Å². The summed E-state index contributed by atoms with van der Waals surface area (Å²) in [7, 11) is 0. The molecule has 2 aliphatic heterocycles. The van der Waals surface area contributed by atoms with E-state index in [0.717, 1.165) is 45.3 Å². The number of aliphatic hydroxyl groups is 1. The van der Waals surface area contributed by atoms with Crippen LogP contribution in [-0.2, 0) is 9.53 Å². The lowest BCUT2D eigenvalue weighted by molar-refractivity contribution is -0.141. The monoisotopic (exact) mass is 242 g/mol. The number of piperidine rings is 2. The molecule has 0 bridgehead atoms. The zero-order valence-corrected chi connectivity index (χ0v) is 10.2. The second-order valence-corrected chi connectivity index (χ2v) is 4.90. The number of amides is 1. The highest BCUT2D eigenvalue weighted by Crippen LogP contribution is 2.11. The maximum Gasteiger partial charge on any atom is 0.248 e. The van der Waals surface area contributed by atoms with Crippen molar-refractivity contribution in [1.29, 1.82) is 0 Å². The molecule has 0 spiro atoms. The summed E-state index contributed by atoms with van der Waals surface area (Å²) in [5, 5.41) is 12.8. The first-order chi connectivity index (χ1) is 8.25. The summed E-state index contributed by atoms with van der Waals surface area (Å²) in [6.45, 7) is 3.33. The van der Waals surface area contributed by atoms with E-state index in [1.807, 2.05) is 0 Å². The first-order valence-electron chi connectivity index (χ1n) is 6.54. The van der Waals surface area contributed by atoms with Gasteiger partial charge in [-0.1, -0.05) is 0 Å². The van der Waals surface area contributed by atoms with Crippen molar-refractivity contribution in [2.45, 2.75) is 37.9 Å². The maximum absolute atomic E-state index is 11.9. The third-order valence-corrected chi connectivity index (χ3v) is 3.48. The van der Waals surface area contributed by atoms with E-state index in [9.17, 15) is 9.90 Å². The lowest BCUT2D eigenvalue weighted by Gasteiger charge is -2.31. The van der Waals surface area contributed by atoms with Crippen LogP contribution in [0.15, 0.2) is 0 Å². The minimum Gasteiger partial charge on any atom is -0.391 e. The highest BCUT2D eigenvalue weighted by molar-refractivity contribution is 5.77. The average molecular weight is 242 g/mol. The third kappa shape index (κ3) is 3.94. The molecule has 1 amide bonds. The fourth-order valence-electron chi connectivity index (χ4n) is 2.42. The van der Waals surface area contributed by atoms with Gasteiger partial charge in [0.25, 0.3) is 0 Å². The minimum atomic E-state index is -0.355. The molecular weight excluding hydrogens is 220 g/mol. The Morgan fingerprint density at radius 1 is 1.35 bits per heavy atom. The van der Waals surface area contributed by atoms with Gasteiger partial charge in [-0.25, -0.2) is 0 Å². The highest BCUT2D eigenvalue weighted by Gasteiger charge is 2.23. The van der Waals surface area contributed by atoms with Gasteiger partial charge in [0, 0.05) is 13.1 Å². The van der Waals surface area contributed by atoms with Gasteiger partial charge < -0.3 is 20.1 Å². The molecule has 5 heteroatoms. The molecule has 2 saturated heterocycles. The summed E-state index contributed by atoms with van der Waals surface area (Å²) in [5.74, 6) is 0.0160.